The molecule has 0 aliphatic carbocycles. The van der Waals surface area contributed by atoms with Crippen molar-refractivity contribution in [2.24, 2.45) is 0 Å². The van der Waals surface area contributed by atoms with Crippen LogP contribution in [0.25, 0.3) is 11.3 Å². The molecule has 2 heterocycles. The Labute approximate surface area is 96.8 Å². The van der Waals surface area contributed by atoms with Crippen molar-refractivity contribution < 1.29 is 14.1 Å². The van der Waals surface area contributed by atoms with E-state index in [1.165, 1.54) is 6.26 Å². The van der Waals surface area contributed by atoms with Crippen LogP contribution in [-0.4, -0.2) is 29.6 Å². The van der Waals surface area contributed by atoms with Crippen molar-refractivity contribution in [3.8, 4) is 11.3 Å². The van der Waals surface area contributed by atoms with Crippen molar-refractivity contribution in [2.75, 3.05) is 18.1 Å². The van der Waals surface area contributed by atoms with Crippen LogP contribution in [0.2, 0.25) is 0 Å². The first kappa shape index (κ1) is 9.83. The predicted molar refractivity (Wildman–Crippen MR) is 58.4 cm³/mol. The van der Waals surface area contributed by atoms with Gasteiger partial charge in [-0.1, -0.05) is 18.2 Å². The second-order valence-electron chi connectivity index (χ2n) is 3.57. The third kappa shape index (κ3) is 1.63. The molecule has 1 aromatic heterocycles. The molecule has 1 aliphatic rings. The van der Waals surface area contributed by atoms with Crippen LogP contribution < -0.4 is 4.90 Å². The average Bonchev–Trinajstić information content (AvgIpc) is 3.00. The minimum absolute atomic E-state index is 0.339. The highest BCUT2D eigenvalue weighted by Crippen LogP contribution is 2.30. The van der Waals surface area contributed by atoms with Gasteiger partial charge in [0, 0.05) is 10.8 Å². The van der Waals surface area contributed by atoms with Crippen LogP contribution in [0.4, 0.5) is 10.5 Å². The Hall–Kier alpha value is -2.37. The highest BCUT2D eigenvalue weighted by atomic mass is 16.6. The minimum atomic E-state index is -0.339. The van der Waals surface area contributed by atoms with Crippen molar-refractivity contribution in [1.29, 1.82) is 0 Å². The van der Waals surface area contributed by atoms with E-state index in [1.807, 2.05) is 24.3 Å². The van der Waals surface area contributed by atoms with Crippen LogP contribution in [0, 0.1) is 0 Å². The molecule has 0 bridgehead atoms. The number of ether oxygens (including phenoxy) is 1. The normalized spacial score (nSPS) is 15.1. The van der Waals surface area contributed by atoms with Crippen molar-refractivity contribution in [1.82, 2.24) is 10.4 Å². The number of anilines is 1. The third-order valence-electron chi connectivity index (χ3n) is 2.59. The Kier molecular flexibility index (Phi) is 2.25. The number of aromatic nitrogens is 2. The van der Waals surface area contributed by atoms with Gasteiger partial charge in [-0.25, -0.2) is 4.79 Å². The van der Waals surface area contributed by atoms with E-state index >= 15 is 0 Å². The molecule has 2 aromatic rings. The fourth-order valence-corrected chi connectivity index (χ4v) is 1.82. The first-order valence-corrected chi connectivity index (χ1v) is 5.17. The number of para-hydroxylation sites is 1. The number of hydrogen-bond donors (Lipinski definition) is 0. The number of amides is 1. The van der Waals surface area contributed by atoms with Gasteiger partial charge in [0.2, 0.25) is 0 Å². The van der Waals surface area contributed by atoms with Gasteiger partial charge in [0.1, 0.15) is 12.3 Å². The number of carbonyl (C=O) groups is 1. The molecule has 1 aliphatic heterocycles. The Morgan fingerprint density at radius 3 is 2.88 bits per heavy atom. The van der Waals surface area contributed by atoms with E-state index in [9.17, 15) is 4.79 Å². The van der Waals surface area contributed by atoms with Gasteiger partial charge < -0.3 is 9.26 Å². The maximum Gasteiger partial charge on any atom is 0.414 e. The summed E-state index contributed by atoms with van der Waals surface area (Å²) >= 11 is 0. The van der Waals surface area contributed by atoms with E-state index in [2.05, 4.69) is 10.4 Å². The Morgan fingerprint density at radius 1 is 1.29 bits per heavy atom. The van der Waals surface area contributed by atoms with Crippen LogP contribution >= 0.6 is 0 Å². The number of carbonyl (C=O) groups excluding carboxylic acids is 1. The monoisotopic (exact) mass is 231 g/mol. The molecule has 0 spiro atoms. The number of nitrogens with zero attached hydrogens (tertiary/aromatic N) is 3. The molecule has 1 amide bonds. The number of cyclic esters (lactones) is 1. The Morgan fingerprint density at radius 2 is 2.18 bits per heavy atom. The van der Waals surface area contributed by atoms with E-state index in [0.29, 0.717) is 18.8 Å². The van der Waals surface area contributed by atoms with Gasteiger partial charge in [0.15, 0.2) is 6.26 Å². The average molecular weight is 231 g/mol. The molecule has 3 rings (SSSR count). The fourth-order valence-electron chi connectivity index (χ4n) is 1.82. The molecule has 86 valence electrons. The van der Waals surface area contributed by atoms with Crippen LogP contribution in [-0.2, 0) is 4.74 Å². The summed E-state index contributed by atoms with van der Waals surface area (Å²) in [6.07, 6.45) is 1.11. The number of rotatable bonds is 2. The van der Waals surface area contributed by atoms with E-state index in [-0.39, 0.29) is 6.09 Å². The fraction of sp³-hybridized carbons (Fsp3) is 0.182. The summed E-state index contributed by atoms with van der Waals surface area (Å²) in [4.78, 5) is 13.1. The molecule has 0 atom stereocenters. The highest BCUT2D eigenvalue weighted by Gasteiger charge is 2.26. The van der Waals surface area contributed by atoms with Gasteiger partial charge in [-0.3, -0.25) is 4.90 Å². The molecule has 0 saturated carbocycles. The SMILES string of the molecule is O=C1OCCN1c1ccccc1-c1conn1. The molecule has 17 heavy (non-hydrogen) atoms. The largest absolute Gasteiger partial charge is 0.447 e. The summed E-state index contributed by atoms with van der Waals surface area (Å²) in [5, 5.41) is 7.27. The van der Waals surface area contributed by atoms with E-state index in [4.69, 9.17) is 9.26 Å². The molecule has 1 aromatic carbocycles. The van der Waals surface area contributed by atoms with Crippen molar-refractivity contribution in [2.45, 2.75) is 0 Å². The molecule has 1 saturated heterocycles. The molecule has 6 heteroatoms. The van der Waals surface area contributed by atoms with Crippen LogP contribution in [0.15, 0.2) is 35.1 Å². The Bertz CT molecular complexity index is 539. The molecule has 0 N–H and O–H groups in total. The summed E-state index contributed by atoms with van der Waals surface area (Å²) < 4.78 is 9.64. The second-order valence-corrected chi connectivity index (χ2v) is 3.57. The summed E-state index contributed by atoms with van der Waals surface area (Å²) in [5.41, 5.74) is 2.15. The first-order valence-electron chi connectivity index (χ1n) is 5.17. The lowest BCUT2D eigenvalue weighted by atomic mass is 10.1. The molecule has 6 nitrogen and oxygen atoms in total. The van der Waals surface area contributed by atoms with Crippen LogP contribution in [0.1, 0.15) is 0 Å². The van der Waals surface area contributed by atoms with E-state index in [1.54, 1.807) is 4.90 Å². The van der Waals surface area contributed by atoms with Gasteiger partial charge in [-0.05, 0) is 6.07 Å². The van der Waals surface area contributed by atoms with Gasteiger partial charge in [0.05, 0.1) is 12.2 Å². The minimum Gasteiger partial charge on any atom is -0.447 e. The highest BCUT2D eigenvalue weighted by molar-refractivity contribution is 5.94. The van der Waals surface area contributed by atoms with Gasteiger partial charge in [0.25, 0.3) is 0 Å². The first-order chi connectivity index (χ1) is 8.36. The lowest BCUT2D eigenvalue weighted by molar-refractivity contribution is 0.181. The second kappa shape index (κ2) is 3.89. The standard InChI is InChI=1S/C11H9N3O3/c15-11-14(5-6-16-11)10-4-2-1-3-8(10)9-7-17-13-12-9/h1-4,7H,5-6H2. The lowest BCUT2D eigenvalue weighted by Gasteiger charge is -2.15. The maximum atomic E-state index is 11.5. The molecule has 0 unspecified atom stereocenters. The third-order valence-corrected chi connectivity index (χ3v) is 2.59. The maximum absolute atomic E-state index is 11.5. The van der Waals surface area contributed by atoms with Gasteiger partial charge in [-0.2, -0.15) is 0 Å². The van der Waals surface area contributed by atoms with E-state index in [0.717, 1.165) is 11.3 Å². The molecular weight excluding hydrogens is 222 g/mol. The quantitative estimate of drug-likeness (QED) is 0.786. The zero-order valence-corrected chi connectivity index (χ0v) is 8.87. The van der Waals surface area contributed by atoms with Crippen molar-refractivity contribution in [3.05, 3.63) is 30.5 Å². The summed E-state index contributed by atoms with van der Waals surface area (Å²) in [7, 11) is 0. The molecule has 1 fully saturated rings. The topological polar surface area (TPSA) is 68.5 Å². The summed E-state index contributed by atoms with van der Waals surface area (Å²) in [5.74, 6) is 0. The number of benzene rings is 1. The zero-order valence-electron chi connectivity index (χ0n) is 8.87. The Balaban J connectivity index is 2.08. The van der Waals surface area contributed by atoms with Crippen molar-refractivity contribution in [3.63, 3.8) is 0 Å². The number of hydrogen-bond acceptors (Lipinski definition) is 5. The van der Waals surface area contributed by atoms with Crippen molar-refractivity contribution >= 4 is 11.8 Å². The lowest BCUT2D eigenvalue weighted by Crippen LogP contribution is -2.23. The zero-order chi connectivity index (χ0) is 11.7. The van der Waals surface area contributed by atoms with Crippen LogP contribution in [0.3, 0.4) is 0 Å². The predicted octanol–water partition coefficient (Wildman–Crippen LogP) is 1.69. The molecule has 0 radical (unpaired) electrons. The van der Waals surface area contributed by atoms with Gasteiger partial charge in [-0.15, -0.1) is 5.10 Å². The summed E-state index contributed by atoms with van der Waals surface area (Å²) in [6.45, 7) is 0.950. The van der Waals surface area contributed by atoms with Crippen LogP contribution in [0.5, 0.6) is 0 Å². The molecular formula is C11H9N3O3. The smallest absolute Gasteiger partial charge is 0.414 e. The van der Waals surface area contributed by atoms with Gasteiger partial charge >= 0.3 is 6.09 Å². The van der Waals surface area contributed by atoms with E-state index < -0.39 is 0 Å². The summed E-state index contributed by atoms with van der Waals surface area (Å²) in [6, 6.07) is 7.43.